The Bertz CT molecular complexity index is 1370. The molecule has 2 unspecified atom stereocenters. The Hall–Kier alpha value is -3.16. The van der Waals surface area contributed by atoms with E-state index >= 15 is 0 Å². The summed E-state index contributed by atoms with van der Waals surface area (Å²) in [6.07, 6.45) is -0.471. The molecule has 11 nitrogen and oxygen atoms in total. The Kier molecular flexibility index (Phi) is 6.77. The number of thioether (sulfide) groups is 1. The van der Waals surface area contributed by atoms with E-state index < -0.39 is 39.3 Å². The number of carbonyl (C=O) groups excluding carboxylic acids is 1. The summed E-state index contributed by atoms with van der Waals surface area (Å²) >= 11 is 2.03. The molecule has 0 spiro atoms. The number of nitrogens with two attached hydrogens (primary N) is 1. The van der Waals surface area contributed by atoms with Crippen molar-refractivity contribution in [2.24, 2.45) is 0 Å². The quantitative estimate of drug-likeness (QED) is 0.404. The molecule has 0 saturated carbocycles. The summed E-state index contributed by atoms with van der Waals surface area (Å²) in [7, 11) is 1.27. The third kappa shape index (κ3) is 4.33. The number of hydrogen-bond donors (Lipinski definition) is 3. The fraction of sp³-hybridized carbons (Fsp3) is 0.381. The number of benzene rings is 1. The number of aromatic amines is 1. The molecule has 0 radical (unpaired) electrons. The van der Waals surface area contributed by atoms with E-state index in [4.69, 9.17) is 15.2 Å². The topological polar surface area (TPSA) is 167 Å². The zero-order chi connectivity index (χ0) is 24.6. The van der Waals surface area contributed by atoms with Gasteiger partial charge in [0, 0.05) is 5.92 Å². The van der Waals surface area contributed by atoms with Crippen LogP contribution in [0.4, 0.5) is 5.95 Å². The number of nitrogens with one attached hydrogen (secondary N) is 1. The lowest BCUT2D eigenvalue weighted by molar-refractivity contribution is -0.141. The number of aromatic carboxylic acids is 1. The Morgan fingerprint density at radius 1 is 1.35 bits per heavy atom. The Balaban J connectivity index is 1.79. The molecule has 180 valence electrons. The minimum Gasteiger partial charge on any atom is -0.478 e. The number of fused-ring (bicyclic) bond motifs is 1. The maximum atomic E-state index is 12.9. The van der Waals surface area contributed by atoms with Gasteiger partial charge in [-0.15, -0.1) is 11.8 Å². The van der Waals surface area contributed by atoms with E-state index in [0.717, 1.165) is 0 Å². The minimum atomic E-state index is -1.06. The highest BCUT2D eigenvalue weighted by Crippen LogP contribution is 2.48. The molecule has 2 aromatic heterocycles. The zero-order valence-electron chi connectivity index (χ0n) is 18.2. The maximum absolute atomic E-state index is 12.9. The van der Waals surface area contributed by atoms with Crippen molar-refractivity contribution in [2.45, 2.75) is 42.6 Å². The van der Waals surface area contributed by atoms with Crippen LogP contribution in [0.15, 0.2) is 33.9 Å². The van der Waals surface area contributed by atoms with Gasteiger partial charge in [-0.3, -0.25) is 23.9 Å². The first-order valence-corrected chi connectivity index (χ1v) is 12.1. The van der Waals surface area contributed by atoms with Crippen molar-refractivity contribution in [3.63, 3.8) is 0 Å². The van der Waals surface area contributed by atoms with Crippen molar-refractivity contribution in [3.05, 3.63) is 55.4 Å². The van der Waals surface area contributed by atoms with E-state index in [1.165, 1.54) is 29.5 Å². The summed E-state index contributed by atoms with van der Waals surface area (Å²) in [5, 5.41) is 9.10. The normalized spacial score (nSPS) is 20.9. The number of aromatic nitrogens is 3. The van der Waals surface area contributed by atoms with Gasteiger partial charge in [-0.1, -0.05) is 36.5 Å². The summed E-state index contributed by atoms with van der Waals surface area (Å²) in [6, 6.07) is 6.66. The first-order valence-electron chi connectivity index (χ1n) is 10.4. The van der Waals surface area contributed by atoms with Gasteiger partial charge in [0.2, 0.25) is 5.95 Å². The second kappa shape index (κ2) is 9.60. The summed E-state index contributed by atoms with van der Waals surface area (Å²) in [6.45, 7) is 1.91. The van der Waals surface area contributed by atoms with Crippen LogP contribution in [0, 0.1) is 0 Å². The van der Waals surface area contributed by atoms with Crippen molar-refractivity contribution in [1.82, 2.24) is 14.5 Å². The summed E-state index contributed by atoms with van der Waals surface area (Å²) < 4.78 is 12.5. The molecule has 3 heterocycles. The molecule has 4 atom stereocenters. The van der Waals surface area contributed by atoms with Crippen LogP contribution in [0.25, 0.3) is 10.3 Å². The smallest absolute Gasteiger partial charge is 0.335 e. The molecular formula is C21H22N4O7S2. The van der Waals surface area contributed by atoms with Gasteiger partial charge in [-0.2, -0.15) is 4.98 Å². The average Bonchev–Trinajstić information content (AvgIpc) is 3.34. The number of carboxylic acid groups (broad SMARTS) is 1. The standard InChI is InChI=1S/C21H22N4O7S2/c1-3-9(10-6-4-5-7-11(10)18(28)29)19-32-17(12(33-19)8-13(26)31-2)25-15-14(34-21(25)30)16(27)24-20(22)23-15/h4-7,9,12,17,19H,3,8H2,1-2H3,(H,28,29)(H3,22,23,24,27)/t9?,12-,17+,19?/m0/s1. The number of thiazole rings is 1. The molecule has 1 fully saturated rings. The number of ether oxygens (including phenoxy) is 2. The molecule has 1 aromatic carbocycles. The molecular weight excluding hydrogens is 484 g/mol. The van der Waals surface area contributed by atoms with Crippen LogP contribution in [0.1, 0.15) is 47.8 Å². The molecule has 1 aliphatic heterocycles. The third-order valence-electron chi connectivity index (χ3n) is 5.60. The maximum Gasteiger partial charge on any atom is 0.335 e. The molecule has 13 heteroatoms. The first-order chi connectivity index (χ1) is 16.2. The number of carboxylic acids is 1. The Labute approximate surface area is 200 Å². The number of hydrogen-bond acceptors (Lipinski definition) is 10. The van der Waals surface area contributed by atoms with E-state index in [2.05, 4.69) is 9.97 Å². The molecule has 1 saturated heterocycles. The molecule has 0 amide bonds. The summed E-state index contributed by atoms with van der Waals surface area (Å²) in [5.41, 5.74) is 5.40. The molecule has 4 rings (SSSR count). The number of nitrogens with zero attached hydrogens (tertiary/aromatic N) is 2. The SMILES string of the molecule is CCC(c1ccccc1C(=O)O)C1O[C@@H](n2c(=O)sc3c(=O)[nH]c(N)nc32)[C@H](CC(=O)OC)S1. The van der Waals surface area contributed by atoms with Gasteiger partial charge in [0.1, 0.15) is 10.1 Å². The van der Waals surface area contributed by atoms with Crippen molar-refractivity contribution >= 4 is 51.3 Å². The molecule has 3 aromatic rings. The number of anilines is 1. The van der Waals surface area contributed by atoms with E-state index in [9.17, 15) is 24.3 Å². The number of carbonyl (C=O) groups is 2. The van der Waals surface area contributed by atoms with Crippen LogP contribution in [-0.2, 0) is 14.3 Å². The third-order valence-corrected chi connectivity index (χ3v) is 8.00. The van der Waals surface area contributed by atoms with E-state index in [-0.39, 0.29) is 34.2 Å². The van der Waals surface area contributed by atoms with Gasteiger partial charge >= 0.3 is 16.8 Å². The van der Waals surface area contributed by atoms with Crippen LogP contribution < -0.4 is 16.2 Å². The van der Waals surface area contributed by atoms with Crippen molar-refractivity contribution in [3.8, 4) is 0 Å². The summed E-state index contributed by atoms with van der Waals surface area (Å²) in [5.74, 6) is -2.05. The van der Waals surface area contributed by atoms with Crippen molar-refractivity contribution in [1.29, 1.82) is 0 Å². The van der Waals surface area contributed by atoms with E-state index in [1.54, 1.807) is 18.2 Å². The number of H-pyrrole nitrogens is 1. The molecule has 0 aliphatic carbocycles. The zero-order valence-corrected chi connectivity index (χ0v) is 19.9. The second-order valence-corrected chi connectivity index (χ2v) is 9.90. The van der Waals surface area contributed by atoms with Gasteiger partial charge in [0.25, 0.3) is 5.56 Å². The van der Waals surface area contributed by atoms with Gasteiger partial charge in [-0.05, 0) is 18.1 Å². The Morgan fingerprint density at radius 2 is 2.09 bits per heavy atom. The van der Waals surface area contributed by atoms with Gasteiger partial charge < -0.3 is 20.3 Å². The predicted octanol–water partition coefficient (Wildman–Crippen LogP) is 2.14. The molecule has 4 N–H and O–H groups in total. The second-order valence-electron chi connectivity index (χ2n) is 7.60. The van der Waals surface area contributed by atoms with Crippen LogP contribution in [0.5, 0.6) is 0 Å². The lowest BCUT2D eigenvalue weighted by Crippen LogP contribution is -2.29. The lowest BCUT2D eigenvalue weighted by Gasteiger charge is -2.23. The van der Waals surface area contributed by atoms with E-state index in [0.29, 0.717) is 23.3 Å². The highest BCUT2D eigenvalue weighted by molar-refractivity contribution is 8.00. The van der Waals surface area contributed by atoms with Gasteiger partial charge in [0.05, 0.1) is 24.3 Å². The van der Waals surface area contributed by atoms with Crippen LogP contribution in [-0.4, -0.2) is 49.4 Å². The number of methoxy groups -OCH3 is 1. The van der Waals surface area contributed by atoms with Crippen LogP contribution >= 0.6 is 23.1 Å². The molecule has 34 heavy (non-hydrogen) atoms. The average molecular weight is 507 g/mol. The number of rotatable bonds is 7. The lowest BCUT2D eigenvalue weighted by atomic mass is 9.92. The molecule has 0 bridgehead atoms. The number of nitrogen functional groups attached to an aromatic ring is 1. The van der Waals surface area contributed by atoms with Crippen molar-refractivity contribution in [2.75, 3.05) is 12.8 Å². The highest BCUT2D eigenvalue weighted by atomic mass is 32.2. The summed E-state index contributed by atoms with van der Waals surface area (Å²) in [4.78, 5) is 55.2. The van der Waals surface area contributed by atoms with Crippen molar-refractivity contribution < 1.29 is 24.2 Å². The minimum absolute atomic E-state index is 0.0661. The van der Waals surface area contributed by atoms with E-state index in [1.807, 2.05) is 6.92 Å². The first kappa shape index (κ1) is 24.0. The van der Waals surface area contributed by atoms with Crippen LogP contribution in [0.3, 0.4) is 0 Å². The van der Waals surface area contributed by atoms with Gasteiger partial charge in [-0.25, -0.2) is 4.79 Å². The predicted molar refractivity (Wildman–Crippen MR) is 127 cm³/mol. The Morgan fingerprint density at radius 3 is 2.76 bits per heavy atom. The number of esters is 1. The highest BCUT2D eigenvalue weighted by Gasteiger charge is 2.44. The van der Waals surface area contributed by atoms with Gasteiger partial charge in [0.15, 0.2) is 11.9 Å². The largest absolute Gasteiger partial charge is 0.478 e. The molecule has 1 aliphatic rings. The van der Waals surface area contributed by atoms with Crippen LogP contribution in [0.2, 0.25) is 0 Å². The fourth-order valence-electron chi connectivity index (χ4n) is 4.05. The fourth-order valence-corrected chi connectivity index (χ4v) is 6.50. The monoisotopic (exact) mass is 506 g/mol.